The minimum absolute atomic E-state index is 0.184. The van der Waals surface area contributed by atoms with Gasteiger partial charge in [-0.2, -0.15) is 0 Å². The standard InChI is InChI=1S/C11H26NOP/c1-5-6-8(2)11(13)10(14)7-9(3)12-4/h8-13H,5-7,14H2,1-4H3. The van der Waals surface area contributed by atoms with E-state index in [1.54, 1.807) is 0 Å². The molecule has 0 saturated carbocycles. The molecule has 0 aromatic carbocycles. The highest BCUT2D eigenvalue weighted by atomic mass is 31.0. The molecular formula is C11H26NOP. The van der Waals surface area contributed by atoms with Crippen LogP contribution in [0.4, 0.5) is 0 Å². The lowest BCUT2D eigenvalue weighted by molar-refractivity contribution is 0.103. The fourth-order valence-corrected chi connectivity index (χ4v) is 2.50. The molecule has 0 bridgehead atoms. The summed E-state index contributed by atoms with van der Waals surface area (Å²) in [6, 6.07) is 0.473. The summed E-state index contributed by atoms with van der Waals surface area (Å²) in [6.07, 6.45) is 3.09. The maximum absolute atomic E-state index is 10.0. The van der Waals surface area contributed by atoms with E-state index in [4.69, 9.17) is 0 Å². The van der Waals surface area contributed by atoms with Crippen molar-refractivity contribution in [3.8, 4) is 0 Å². The van der Waals surface area contributed by atoms with Crippen molar-refractivity contribution in [1.29, 1.82) is 0 Å². The first-order chi connectivity index (χ1) is 6.52. The molecule has 0 aliphatic heterocycles. The first kappa shape index (κ1) is 14.3. The third-order valence-corrected chi connectivity index (χ3v) is 3.55. The van der Waals surface area contributed by atoms with Crippen molar-refractivity contribution >= 4 is 9.24 Å². The number of aliphatic hydroxyl groups excluding tert-OH is 1. The average Bonchev–Trinajstić information content (AvgIpc) is 2.16. The third-order valence-electron chi connectivity index (χ3n) is 2.88. The number of hydrogen-bond acceptors (Lipinski definition) is 2. The SMILES string of the molecule is CCCC(C)C(O)C(P)CC(C)NC. The van der Waals surface area contributed by atoms with Gasteiger partial charge in [0.25, 0.3) is 0 Å². The zero-order valence-electron chi connectivity index (χ0n) is 9.96. The zero-order valence-corrected chi connectivity index (χ0v) is 11.1. The molecule has 0 aromatic rings. The molecule has 0 amide bonds. The quantitative estimate of drug-likeness (QED) is 0.642. The molecule has 0 aliphatic rings. The molecule has 0 aromatic heterocycles. The van der Waals surface area contributed by atoms with Crippen molar-refractivity contribution in [3.05, 3.63) is 0 Å². The topological polar surface area (TPSA) is 32.3 Å². The number of aliphatic hydroxyl groups is 1. The summed E-state index contributed by atoms with van der Waals surface area (Å²) >= 11 is 0. The van der Waals surface area contributed by atoms with E-state index >= 15 is 0 Å². The van der Waals surface area contributed by atoms with Crippen molar-refractivity contribution in [2.75, 3.05) is 7.05 Å². The maximum atomic E-state index is 10.0. The lowest BCUT2D eigenvalue weighted by Gasteiger charge is -2.26. The molecule has 2 N–H and O–H groups in total. The molecule has 0 radical (unpaired) electrons. The van der Waals surface area contributed by atoms with Crippen LogP contribution in [0.15, 0.2) is 0 Å². The van der Waals surface area contributed by atoms with E-state index in [9.17, 15) is 5.11 Å². The third kappa shape index (κ3) is 5.29. The number of rotatable bonds is 7. The van der Waals surface area contributed by atoms with E-state index in [1.165, 1.54) is 0 Å². The molecule has 0 rings (SSSR count). The second-order valence-corrected chi connectivity index (χ2v) is 5.20. The molecule has 86 valence electrons. The molecule has 0 heterocycles. The number of nitrogens with one attached hydrogen (secondary N) is 1. The monoisotopic (exact) mass is 219 g/mol. The first-order valence-corrected chi connectivity index (χ1v) is 6.30. The van der Waals surface area contributed by atoms with Gasteiger partial charge in [-0.1, -0.05) is 20.3 Å². The van der Waals surface area contributed by atoms with Gasteiger partial charge in [0.05, 0.1) is 6.10 Å². The maximum Gasteiger partial charge on any atom is 0.0628 e. The van der Waals surface area contributed by atoms with Gasteiger partial charge in [-0.05, 0) is 32.7 Å². The van der Waals surface area contributed by atoms with Gasteiger partial charge in [-0.15, -0.1) is 9.24 Å². The Labute approximate surface area is 91.1 Å². The molecule has 5 unspecified atom stereocenters. The van der Waals surface area contributed by atoms with Gasteiger partial charge >= 0.3 is 0 Å². The normalized spacial score (nSPS) is 20.1. The fourth-order valence-electron chi connectivity index (χ4n) is 1.71. The van der Waals surface area contributed by atoms with Gasteiger partial charge in [-0.25, -0.2) is 0 Å². The van der Waals surface area contributed by atoms with Crippen LogP contribution in [0.3, 0.4) is 0 Å². The van der Waals surface area contributed by atoms with Crippen LogP contribution in [0.25, 0.3) is 0 Å². The van der Waals surface area contributed by atoms with E-state index < -0.39 is 0 Å². The van der Waals surface area contributed by atoms with Crippen LogP contribution >= 0.6 is 9.24 Å². The van der Waals surface area contributed by atoms with E-state index in [0.717, 1.165) is 19.3 Å². The van der Waals surface area contributed by atoms with E-state index in [0.29, 0.717) is 17.6 Å². The number of hydrogen-bond donors (Lipinski definition) is 2. The summed E-state index contributed by atoms with van der Waals surface area (Å²) in [4.78, 5) is 0. The predicted octanol–water partition coefficient (Wildman–Crippen LogP) is 2.03. The molecule has 5 atom stereocenters. The average molecular weight is 219 g/mol. The highest BCUT2D eigenvalue weighted by Gasteiger charge is 2.21. The lowest BCUT2D eigenvalue weighted by Crippen LogP contribution is -2.33. The Kier molecular flexibility index (Phi) is 7.81. The fraction of sp³-hybridized carbons (Fsp3) is 1.00. The summed E-state index contributed by atoms with van der Waals surface area (Å²) in [5.41, 5.74) is 0.305. The summed E-state index contributed by atoms with van der Waals surface area (Å²) in [6.45, 7) is 6.45. The molecule has 0 spiro atoms. The van der Waals surface area contributed by atoms with Crippen LogP contribution in [-0.2, 0) is 0 Å². The Bertz CT molecular complexity index is 143. The Morgan fingerprint density at radius 1 is 1.36 bits per heavy atom. The Morgan fingerprint density at radius 3 is 2.36 bits per heavy atom. The van der Waals surface area contributed by atoms with Crippen LogP contribution in [-0.4, -0.2) is 30.0 Å². The smallest absolute Gasteiger partial charge is 0.0628 e. The minimum atomic E-state index is -0.184. The van der Waals surface area contributed by atoms with Crippen LogP contribution < -0.4 is 5.32 Å². The zero-order chi connectivity index (χ0) is 11.1. The van der Waals surface area contributed by atoms with Crippen molar-refractivity contribution in [3.63, 3.8) is 0 Å². The van der Waals surface area contributed by atoms with Gasteiger partial charge in [0.1, 0.15) is 0 Å². The molecule has 2 nitrogen and oxygen atoms in total. The molecule has 3 heteroatoms. The lowest BCUT2D eigenvalue weighted by atomic mass is 9.94. The largest absolute Gasteiger partial charge is 0.392 e. The molecule has 0 saturated heterocycles. The molecule has 0 aliphatic carbocycles. The van der Waals surface area contributed by atoms with Crippen LogP contribution in [0.1, 0.15) is 40.0 Å². The summed E-state index contributed by atoms with van der Waals surface area (Å²) < 4.78 is 0. The van der Waals surface area contributed by atoms with Gasteiger partial charge in [0.15, 0.2) is 0 Å². The molecule has 0 fully saturated rings. The van der Waals surface area contributed by atoms with Crippen molar-refractivity contribution in [2.45, 2.75) is 57.8 Å². The predicted molar refractivity (Wildman–Crippen MR) is 66.7 cm³/mol. The Balaban J connectivity index is 3.90. The van der Waals surface area contributed by atoms with Gasteiger partial charge in [-0.3, -0.25) is 0 Å². The van der Waals surface area contributed by atoms with E-state index in [2.05, 4.69) is 35.3 Å². The highest BCUT2D eigenvalue weighted by Crippen LogP contribution is 2.22. The van der Waals surface area contributed by atoms with Crippen molar-refractivity contribution in [1.82, 2.24) is 5.32 Å². The highest BCUT2D eigenvalue weighted by molar-refractivity contribution is 7.17. The van der Waals surface area contributed by atoms with Crippen LogP contribution in [0.5, 0.6) is 0 Å². The van der Waals surface area contributed by atoms with Crippen molar-refractivity contribution in [2.24, 2.45) is 5.92 Å². The summed E-state index contributed by atoms with van der Waals surface area (Å²) in [5.74, 6) is 0.409. The second kappa shape index (κ2) is 7.62. The van der Waals surface area contributed by atoms with E-state index in [-0.39, 0.29) is 6.10 Å². The molecule has 14 heavy (non-hydrogen) atoms. The van der Waals surface area contributed by atoms with Gasteiger partial charge in [0.2, 0.25) is 0 Å². The Morgan fingerprint density at radius 2 is 1.93 bits per heavy atom. The summed E-state index contributed by atoms with van der Waals surface area (Å²) in [5, 5.41) is 13.2. The van der Waals surface area contributed by atoms with Crippen LogP contribution in [0, 0.1) is 5.92 Å². The van der Waals surface area contributed by atoms with Crippen molar-refractivity contribution < 1.29 is 5.11 Å². The Hall–Kier alpha value is 0.350. The minimum Gasteiger partial charge on any atom is -0.392 e. The first-order valence-electron chi connectivity index (χ1n) is 5.63. The van der Waals surface area contributed by atoms with Gasteiger partial charge in [0, 0.05) is 11.7 Å². The van der Waals surface area contributed by atoms with Crippen LogP contribution in [0.2, 0.25) is 0 Å². The van der Waals surface area contributed by atoms with E-state index in [1.807, 2.05) is 7.05 Å². The molecular weight excluding hydrogens is 193 g/mol. The second-order valence-electron chi connectivity index (χ2n) is 4.35. The summed E-state index contributed by atoms with van der Waals surface area (Å²) in [7, 11) is 4.74. The van der Waals surface area contributed by atoms with Gasteiger partial charge < -0.3 is 10.4 Å².